The summed E-state index contributed by atoms with van der Waals surface area (Å²) in [5.41, 5.74) is 1.61. The lowest BCUT2D eigenvalue weighted by Gasteiger charge is -2.40. The first-order valence-electron chi connectivity index (χ1n) is 10.1. The molecule has 0 radical (unpaired) electrons. The third-order valence-corrected chi connectivity index (χ3v) is 7.83. The van der Waals surface area contributed by atoms with Crippen molar-refractivity contribution in [2.45, 2.75) is 55.2 Å². The fourth-order valence-electron chi connectivity index (χ4n) is 3.42. The summed E-state index contributed by atoms with van der Waals surface area (Å²) in [6.45, 7) is -1.93. The van der Waals surface area contributed by atoms with Crippen LogP contribution in [0.1, 0.15) is 6.23 Å². The van der Waals surface area contributed by atoms with Gasteiger partial charge in [0.25, 0.3) is 21.2 Å². The molecule has 9 N–H and O–H groups in total. The Balaban J connectivity index is 1.61. The summed E-state index contributed by atoms with van der Waals surface area (Å²) in [6.07, 6.45) is -12.6. The Morgan fingerprint density at radius 3 is 2.28 bits per heavy atom. The van der Waals surface area contributed by atoms with Crippen molar-refractivity contribution < 1.29 is 73.0 Å². The molecule has 2 saturated heterocycles. The highest BCUT2D eigenvalue weighted by Gasteiger charge is 2.48. The summed E-state index contributed by atoms with van der Waals surface area (Å²) in [7, 11) is -11.5. The zero-order chi connectivity index (χ0) is 27.0. The van der Waals surface area contributed by atoms with Crippen molar-refractivity contribution in [2.75, 3.05) is 13.2 Å². The lowest BCUT2D eigenvalue weighted by atomic mass is 9.98. The standard InChI is InChI=1S/C15H25N3O16P2/c16-8-11(23)9(21)5(3-19)32-14(8)33-36(28,29)34-35(26,27)30-4-6-10(22)12(24)13(31-6)18-2-1-7(20)17-15(18)25/h1-2,5-6,8-14,19,21-24H,3-4,16H2,(H,26,27)(H,28,29)(H,17,20,25)/p-1/t5-,6-,8-,9+,10-,11-,12-,13-,14-/m1/s1. The van der Waals surface area contributed by atoms with Gasteiger partial charge in [-0.15, -0.1) is 0 Å². The maximum Gasteiger partial charge on any atom is 0.330 e. The van der Waals surface area contributed by atoms with Crippen LogP contribution in [-0.4, -0.2) is 97.3 Å². The van der Waals surface area contributed by atoms with Crippen molar-refractivity contribution in [3.63, 3.8) is 0 Å². The second-order valence-corrected chi connectivity index (χ2v) is 10.7. The van der Waals surface area contributed by atoms with Crippen LogP contribution in [0.2, 0.25) is 0 Å². The molecule has 3 rings (SSSR count). The van der Waals surface area contributed by atoms with Gasteiger partial charge in [0.1, 0.15) is 36.6 Å². The molecule has 36 heavy (non-hydrogen) atoms. The summed E-state index contributed by atoms with van der Waals surface area (Å²) < 4.78 is 47.8. The van der Waals surface area contributed by atoms with Gasteiger partial charge in [-0.25, -0.2) is 9.11 Å². The largest absolute Gasteiger partial charge is 0.756 e. The fraction of sp³-hybridized carbons (Fsp3) is 0.733. The molecule has 1 aromatic heterocycles. The summed E-state index contributed by atoms with van der Waals surface area (Å²) in [5.74, 6) is 0. The van der Waals surface area contributed by atoms with Crippen LogP contribution in [0.4, 0.5) is 0 Å². The Bertz CT molecular complexity index is 1130. The minimum atomic E-state index is -5.78. The van der Waals surface area contributed by atoms with Crippen LogP contribution in [0.25, 0.3) is 0 Å². The molecule has 21 heteroatoms. The average Bonchev–Trinajstić information content (AvgIpc) is 3.06. The van der Waals surface area contributed by atoms with Crippen LogP contribution < -0.4 is 26.8 Å². The van der Waals surface area contributed by atoms with Crippen molar-refractivity contribution in [2.24, 2.45) is 0 Å². The molecule has 206 valence electrons. The Hall–Kier alpha value is -1.38. The maximum absolute atomic E-state index is 12.1. The molecule has 0 aliphatic carbocycles. The van der Waals surface area contributed by atoms with Gasteiger partial charge in [0.05, 0.1) is 13.2 Å². The Morgan fingerprint density at radius 2 is 1.67 bits per heavy atom. The van der Waals surface area contributed by atoms with Gasteiger partial charge in [0.15, 0.2) is 12.3 Å². The Labute approximate surface area is 200 Å². The van der Waals surface area contributed by atoms with Crippen molar-refractivity contribution in [1.82, 2.24) is 9.55 Å². The van der Waals surface area contributed by atoms with E-state index in [0.717, 1.165) is 12.3 Å². The van der Waals surface area contributed by atoms with Crippen LogP contribution in [0.3, 0.4) is 0 Å². The van der Waals surface area contributed by atoms with Crippen molar-refractivity contribution in [1.29, 1.82) is 0 Å². The number of H-pyrrole nitrogens is 1. The number of rotatable bonds is 9. The van der Waals surface area contributed by atoms with Crippen LogP contribution in [0.5, 0.6) is 0 Å². The zero-order valence-corrected chi connectivity index (χ0v) is 19.8. The summed E-state index contributed by atoms with van der Waals surface area (Å²) in [5, 5.41) is 49.0. The number of aromatic nitrogens is 2. The van der Waals surface area contributed by atoms with Crippen LogP contribution in [0.15, 0.2) is 21.9 Å². The second kappa shape index (κ2) is 11.2. The molecule has 2 unspecified atom stereocenters. The van der Waals surface area contributed by atoms with E-state index in [9.17, 15) is 48.9 Å². The Kier molecular flexibility index (Phi) is 9.05. The van der Waals surface area contributed by atoms with Crippen molar-refractivity contribution in [3.8, 4) is 0 Å². The SMILES string of the molecule is [NH3+][C@H]1[C@@H](OP(=O)([O-])OP(=O)([O-])OC[C@H]2O[C@@H](n3ccc(=O)[nH]c3=O)[C@H](O)[C@@H]2O)O[C@H](CO)[C@H](O)[C@@H]1O. The van der Waals surface area contributed by atoms with E-state index in [1.807, 2.05) is 4.98 Å². The normalized spacial score (nSPS) is 38.4. The summed E-state index contributed by atoms with van der Waals surface area (Å²) >= 11 is 0. The number of ether oxygens (including phenoxy) is 2. The molecular weight excluding hydrogens is 540 g/mol. The lowest BCUT2D eigenvalue weighted by molar-refractivity contribution is -0.497. The molecule has 1 aromatic rings. The molecule has 2 aliphatic heterocycles. The van der Waals surface area contributed by atoms with E-state index in [4.69, 9.17) is 14.6 Å². The van der Waals surface area contributed by atoms with Gasteiger partial charge >= 0.3 is 5.69 Å². The Morgan fingerprint density at radius 1 is 1.03 bits per heavy atom. The van der Waals surface area contributed by atoms with Gasteiger partial charge in [-0.05, 0) is 0 Å². The van der Waals surface area contributed by atoms with E-state index in [1.165, 1.54) is 0 Å². The van der Waals surface area contributed by atoms with Crippen molar-refractivity contribution >= 4 is 15.6 Å². The molecule has 11 atom stereocenters. The van der Waals surface area contributed by atoms with Crippen molar-refractivity contribution in [3.05, 3.63) is 33.1 Å². The van der Waals surface area contributed by atoms with Crippen LogP contribution >= 0.6 is 15.6 Å². The van der Waals surface area contributed by atoms with Gasteiger partial charge in [-0.3, -0.25) is 28.0 Å². The monoisotopic (exact) mass is 564 g/mol. The number of aromatic amines is 1. The molecular formula is C15H24N3O16P2-. The van der Waals surface area contributed by atoms with Gasteiger partial charge in [-0.2, -0.15) is 0 Å². The third-order valence-electron chi connectivity index (χ3n) is 5.30. The van der Waals surface area contributed by atoms with E-state index in [2.05, 4.69) is 19.1 Å². The molecule has 3 heterocycles. The van der Waals surface area contributed by atoms with Gasteiger partial charge in [0, 0.05) is 12.3 Å². The first-order chi connectivity index (χ1) is 16.7. The predicted octanol–water partition coefficient (Wildman–Crippen LogP) is -6.81. The third kappa shape index (κ3) is 6.54. The molecule has 0 amide bonds. The van der Waals surface area contributed by atoms with E-state index in [0.29, 0.717) is 4.57 Å². The number of aliphatic hydroxyl groups is 5. The minimum Gasteiger partial charge on any atom is -0.756 e. The molecule has 2 fully saturated rings. The number of aliphatic hydroxyl groups excluding tert-OH is 5. The number of phosphoric acid groups is 2. The summed E-state index contributed by atoms with van der Waals surface area (Å²) in [6, 6.07) is -0.522. The first kappa shape index (κ1) is 29.2. The molecule has 2 aliphatic rings. The lowest BCUT2D eigenvalue weighted by Crippen LogP contribution is -2.78. The minimum absolute atomic E-state index is 0.715. The summed E-state index contributed by atoms with van der Waals surface area (Å²) in [4.78, 5) is 49.1. The van der Waals surface area contributed by atoms with Gasteiger partial charge < -0.3 is 55.1 Å². The topological polar surface area (TPSA) is 310 Å². The zero-order valence-electron chi connectivity index (χ0n) is 18.0. The van der Waals surface area contributed by atoms with E-state index in [1.54, 1.807) is 0 Å². The molecule has 19 nitrogen and oxygen atoms in total. The second-order valence-electron chi connectivity index (χ2n) is 7.81. The first-order valence-corrected chi connectivity index (χ1v) is 13.0. The van der Waals surface area contributed by atoms with E-state index >= 15 is 0 Å². The fourth-order valence-corrected chi connectivity index (χ4v) is 5.54. The number of phosphoric ester groups is 2. The predicted molar refractivity (Wildman–Crippen MR) is 105 cm³/mol. The number of nitrogens with one attached hydrogen (secondary N) is 1. The van der Waals surface area contributed by atoms with Crippen LogP contribution in [-0.2, 0) is 32.0 Å². The molecule has 0 bridgehead atoms. The highest BCUT2D eigenvalue weighted by Crippen LogP contribution is 2.56. The molecule has 0 aromatic carbocycles. The average molecular weight is 564 g/mol. The van der Waals surface area contributed by atoms with E-state index < -0.39 is 95.3 Å². The molecule has 0 saturated carbocycles. The van der Waals surface area contributed by atoms with Gasteiger partial charge in [0.2, 0.25) is 6.29 Å². The number of hydrogen-bond donors (Lipinski definition) is 7. The highest BCUT2D eigenvalue weighted by atomic mass is 31.3. The smallest absolute Gasteiger partial charge is 0.330 e. The van der Waals surface area contributed by atoms with Crippen LogP contribution in [0, 0.1) is 0 Å². The van der Waals surface area contributed by atoms with Gasteiger partial charge in [-0.1, -0.05) is 0 Å². The number of quaternary nitrogens is 1. The maximum atomic E-state index is 12.1. The molecule has 0 spiro atoms. The highest BCUT2D eigenvalue weighted by molar-refractivity contribution is 7.59. The number of hydrogen-bond acceptors (Lipinski definition) is 16. The van der Waals surface area contributed by atoms with E-state index in [-0.39, 0.29) is 0 Å². The quantitative estimate of drug-likeness (QED) is 0.137. The number of nitrogens with zero attached hydrogens (tertiary/aromatic N) is 1.